The van der Waals surface area contributed by atoms with E-state index in [2.05, 4.69) is 12.2 Å². The minimum absolute atomic E-state index is 0.0545. The molecule has 1 fully saturated rings. The van der Waals surface area contributed by atoms with E-state index in [9.17, 15) is 4.79 Å². The average molecular weight is 212 g/mol. The summed E-state index contributed by atoms with van der Waals surface area (Å²) in [5.74, 6) is 0.915. The largest absolute Gasteiger partial charge is 0.353 e. The van der Waals surface area contributed by atoms with E-state index in [1.807, 2.05) is 6.92 Å². The molecule has 0 aliphatic heterocycles. The fourth-order valence-electron chi connectivity index (χ4n) is 2.32. The summed E-state index contributed by atoms with van der Waals surface area (Å²) in [4.78, 5) is 11.7. The molecule has 1 aliphatic rings. The molecule has 0 spiro atoms. The van der Waals surface area contributed by atoms with Gasteiger partial charge in [-0.15, -0.1) is 0 Å². The predicted molar refractivity (Wildman–Crippen MR) is 62.4 cm³/mol. The van der Waals surface area contributed by atoms with Crippen LogP contribution in [0, 0.1) is 11.8 Å². The molecule has 88 valence electrons. The number of nitrogens with two attached hydrogens (primary N) is 1. The summed E-state index contributed by atoms with van der Waals surface area (Å²) in [6.07, 6.45) is 5.97. The van der Waals surface area contributed by atoms with Gasteiger partial charge in [-0.05, 0) is 38.6 Å². The Morgan fingerprint density at radius 3 is 2.53 bits per heavy atom. The van der Waals surface area contributed by atoms with Gasteiger partial charge in [0.05, 0.1) is 0 Å². The second-order valence-electron chi connectivity index (χ2n) is 4.82. The Kier molecular flexibility index (Phi) is 5.09. The van der Waals surface area contributed by atoms with Crippen LogP contribution in [0.2, 0.25) is 0 Å². The maximum atomic E-state index is 11.7. The van der Waals surface area contributed by atoms with E-state index in [1.54, 1.807) is 0 Å². The highest BCUT2D eigenvalue weighted by Crippen LogP contribution is 2.27. The van der Waals surface area contributed by atoms with Crippen molar-refractivity contribution in [3.8, 4) is 0 Å². The molecule has 1 amide bonds. The molecular formula is C12H24N2O. The molecule has 0 saturated heterocycles. The highest BCUT2D eigenvalue weighted by molar-refractivity contribution is 5.78. The van der Waals surface area contributed by atoms with E-state index < -0.39 is 0 Å². The molecule has 3 nitrogen and oxygen atoms in total. The monoisotopic (exact) mass is 212 g/mol. The lowest BCUT2D eigenvalue weighted by atomic mass is 9.98. The second kappa shape index (κ2) is 6.11. The number of carbonyl (C=O) groups excluding carboxylic acids is 1. The molecule has 0 aromatic rings. The van der Waals surface area contributed by atoms with Crippen LogP contribution in [0.15, 0.2) is 0 Å². The lowest BCUT2D eigenvalue weighted by Crippen LogP contribution is -2.40. The summed E-state index contributed by atoms with van der Waals surface area (Å²) in [6, 6.07) is 0.334. The van der Waals surface area contributed by atoms with E-state index in [0.717, 1.165) is 6.42 Å². The van der Waals surface area contributed by atoms with Crippen molar-refractivity contribution in [3.63, 3.8) is 0 Å². The number of carbonyl (C=O) groups is 1. The van der Waals surface area contributed by atoms with Gasteiger partial charge in [-0.1, -0.05) is 19.8 Å². The molecule has 1 saturated carbocycles. The lowest BCUT2D eigenvalue weighted by Gasteiger charge is -2.22. The fraction of sp³-hybridized carbons (Fsp3) is 0.917. The smallest absolute Gasteiger partial charge is 0.223 e. The van der Waals surface area contributed by atoms with Crippen LogP contribution < -0.4 is 11.1 Å². The van der Waals surface area contributed by atoms with Crippen molar-refractivity contribution in [2.45, 2.75) is 52.0 Å². The van der Waals surface area contributed by atoms with E-state index >= 15 is 0 Å². The molecular weight excluding hydrogens is 188 g/mol. The number of hydrogen-bond acceptors (Lipinski definition) is 2. The Labute approximate surface area is 92.8 Å². The standard InChI is InChI=1S/C12H24N2O/c1-9(7-8-13)12(15)14-10(2)11-5-3-4-6-11/h9-11H,3-8,13H2,1-2H3,(H,14,15)/t9?,10-/m0/s1. The van der Waals surface area contributed by atoms with Crippen LogP contribution in [-0.2, 0) is 4.79 Å². The molecule has 0 bridgehead atoms. The Balaban J connectivity index is 2.29. The Hall–Kier alpha value is -0.570. The number of rotatable bonds is 5. The normalized spacial score (nSPS) is 21.3. The summed E-state index contributed by atoms with van der Waals surface area (Å²) in [5, 5.41) is 3.11. The zero-order valence-corrected chi connectivity index (χ0v) is 9.96. The van der Waals surface area contributed by atoms with Gasteiger partial charge in [-0.2, -0.15) is 0 Å². The second-order valence-corrected chi connectivity index (χ2v) is 4.82. The molecule has 0 radical (unpaired) electrons. The van der Waals surface area contributed by atoms with E-state index in [4.69, 9.17) is 5.73 Å². The van der Waals surface area contributed by atoms with Gasteiger partial charge >= 0.3 is 0 Å². The van der Waals surface area contributed by atoms with Crippen LogP contribution in [0.3, 0.4) is 0 Å². The summed E-state index contributed by atoms with van der Waals surface area (Å²) in [6.45, 7) is 4.67. The highest BCUT2D eigenvalue weighted by atomic mass is 16.1. The third-order valence-electron chi connectivity index (χ3n) is 3.52. The highest BCUT2D eigenvalue weighted by Gasteiger charge is 2.23. The van der Waals surface area contributed by atoms with E-state index in [0.29, 0.717) is 18.5 Å². The van der Waals surface area contributed by atoms with Crippen LogP contribution in [0.4, 0.5) is 0 Å². The van der Waals surface area contributed by atoms with E-state index in [-0.39, 0.29) is 11.8 Å². The van der Waals surface area contributed by atoms with Gasteiger partial charge in [-0.3, -0.25) is 4.79 Å². The van der Waals surface area contributed by atoms with Crippen LogP contribution in [0.5, 0.6) is 0 Å². The van der Waals surface area contributed by atoms with Crippen LogP contribution in [0.1, 0.15) is 46.0 Å². The Bertz CT molecular complexity index is 200. The van der Waals surface area contributed by atoms with Gasteiger partial charge in [0.15, 0.2) is 0 Å². The maximum Gasteiger partial charge on any atom is 0.223 e. The Morgan fingerprint density at radius 2 is 2.00 bits per heavy atom. The van der Waals surface area contributed by atoms with Crippen LogP contribution in [-0.4, -0.2) is 18.5 Å². The van der Waals surface area contributed by atoms with Gasteiger partial charge in [0, 0.05) is 12.0 Å². The molecule has 1 unspecified atom stereocenters. The van der Waals surface area contributed by atoms with Crippen molar-refractivity contribution in [1.29, 1.82) is 0 Å². The first-order chi connectivity index (χ1) is 7.15. The minimum Gasteiger partial charge on any atom is -0.353 e. The molecule has 3 heteroatoms. The van der Waals surface area contributed by atoms with Gasteiger partial charge in [0.1, 0.15) is 0 Å². The lowest BCUT2D eigenvalue weighted by molar-refractivity contribution is -0.125. The molecule has 0 aromatic carbocycles. The molecule has 0 heterocycles. The predicted octanol–water partition coefficient (Wildman–Crippen LogP) is 1.67. The summed E-state index contributed by atoms with van der Waals surface area (Å²) in [7, 11) is 0. The zero-order chi connectivity index (χ0) is 11.3. The quantitative estimate of drug-likeness (QED) is 0.728. The first-order valence-electron chi connectivity index (χ1n) is 6.15. The SMILES string of the molecule is CC(CCN)C(=O)N[C@@H](C)C1CCCC1. The van der Waals surface area contributed by atoms with Crippen molar-refractivity contribution < 1.29 is 4.79 Å². The Morgan fingerprint density at radius 1 is 1.40 bits per heavy atom. The first kappa shape index (κ1) is 12.5. The van der Waals surface area contributed by atoms with Crippen molar-refractivity contribution in [2.24, 2.45) is 17.6 Å². The van der Waals surface area contributed by atoms with Gasteiger partial charge in [-0.25, -0.2) is 0 Å². The molecule has 3 N–H and O–H groups in total. The third kappa shape index (κ3) is 3.82. The molecule has 1 aliphatic carbocycles. The van der Waals surface area contributed by atoms with Crippen molar-refractivity contribution >= 4 is 5.91 Å². The van der Waals surface area contributed by atoms with E-state index in [1.165, 1.54) is 25.7 Å². The van der Waals surface area contributed by atoms with Crippen LogP contribution >= 0.6 is 0 Å². The number of nitrogens with one attached hydrogen (secondary N) is 1. The van der Waals surface area contributed by atoms with Crippen molar-refractivity contribution in [1.82, 2.24) is 5.32 Å². The topological polar surface area (TPSA) is 55.1 Å². The number of amides is 1. The number of hydrogen-bond donors (Lipinski definition) is 2. The van der Waals surface area contributed by atoms with Crippen LogP contribution in [0.25, 0.3) is 0 Å². The molecule has 1 rings (SSSR count). The van der Waals surface area contributed by atoms with Gasteiger partial charge in [0.25, 0.3) is 0 Å². The van der Waals surface area contributed by atoms with Crippen molar-refractivity contribution in [2.75, 3.05) is 6.54 Å². The summed E-state index contributed by atoms with van der Waals surface area (Å²) < 4.78 is 0. The summed E-state index contributed by atoms with van der Waals surface area (Å²) in [5.41, 5.74) is 5.44. The average Bonchev–Trinajstić information content (AvgIpc) is 2.70. The minimum atomic E-state index is 0.0545. The third-order valence-corrected chi connectivity index (χ3v) is 3.52. The van der Waals surface area contributed by atoms with Gasteiger partial charge < -0.3 is 11.1 Å². The van der Waals surface area contributed by atoms with Gasteiger partial charge in [0.2, 0.25) is 5.91 Å². The van der Waals surface area contributed by atoms with Crippen molar-refractivity contribution in [3.05, 3.63) is 0 Å². The maximum absolute atomic E-state index is 11.7. The first-order valence-corrected chi connectivity index (χ1v) is 6.15. The molecule has 2 atom stereocenters. The zero-order valence-electron chi connectivity index (χ0n) is 9.96. The molecule has 0 aromatic heterocycles. The summed E-state index contributed by atoms with van der Waals surface area (Å²) >= 11 is 0. The fourth-order valence-corrected chi connectivity index (χ4v) is 2.32. The molecule has 15 heavy (non-hydrogen) atoms.